The van der Waals surface area contributed by atoms with Crippen LogP contribution in [0.2, 0.25) is 0 Å². The minimum Gasteiger partial charge on any atom is -0.507 e. The van der Waals surface area contributed by atoms with Gasteiger partial charge < -0.3 is 97.4 Å². The Kier molecular flexibility index (Phi) is 28.0. The van der Waals surface area contributed by atoms with Crippen LogP contribution in [0.3, 0.4) is 0 Å². The predicted molar refractivity (Wildman–Crippen MR) is 374 cm³/mol. The smallest absolute Gasteiger partial charge is 0.407 e. The van der Waals surface area contributed by atoms with Crippen molar-refractivity contribution in [2.75, 3.05) is 26.8 Å². The van der Waals surface area contributed by atoms with Crippen LogP contribution in [0, 0.1) is 11.8 Å². The second-order valence-corrected chi connectivity index (χ2v) is 27.5. The van der Waals surface area contributed by atoms with Crippen molar-refractivity contribution in [1.29, 1.82) is 0 Å². The van der Waals surface area contributed by atoms with Gasteiger partial charge in [-0.05, 0) is 80.9 Å². The molecule has 572 valence electrons. The number of rotatable bonds is 34. The largest absolute Gasteiger partial charge is 0.507 e. The number of hydrogen-bond acceptors (Lipinski definition) is 22. The summed E-state index contributed by atoms with van der Waals surface area (Å²) in [5.74, 6) is -14.2. The molecule has 4 aliphatic rings. The molecule has 2 heterocycles. The number of aliphatic hydroxyl groups is 3. The van der Waals surface area contributed by atoms with Gasteiger partial charge in [0.1, 0.15) is 85.0 Å². The van der Waals surface area contributed by atoms with Gasteiger partial charge in [-0.2, -0.15) is 0 Å². The molecule has 4 aromatic carbocycles. The average molecular weight is 1480 g/mol. The highest BCUT2D eigenvalue weighted by Crippen LogP contribution is 2.53. The Morgan fingerprint density at radius 1 is 0.736 bits per heavy atom. The van der Waals surface area contributed by atoms with Crippen molar-refractivity contribution >= 4 is 76.7 Å². The van der Waals surface area contributed by atoms with Gasteiger partial charge in [0.25, 0.3) is 0 Å². The van der Waals surface area contributed by atoms with E-state index in [1.165, 1.54) is 37.1 Å². The fraction of sp³-hybridized carbons (Fsp3) is 0.500. The number of nitrogens with zero attached hydrogens (tertiary/aromatic N) is 1. The number of phenols is 2. The number of alkyl carbamates (subject to hydrolysis) is 1. The van der Waals surface area contributed by atoms with Crippen LogP contribution in [-0.4, -0.2) is 205 Å². The quantitative estimate of drug-likeness (QED) is 0.0259. The Bertz CT molecular complexity index is 3950. The van der Waals surface area contributed by atoms with Crippen LogP contribution >= 0.6 is 0 Å². The third-order valence-electron chi connectivity index (χ3n) is 19.5. The summed E-state index contributed by atoms with van der Waals surface area (Å²) in [6, 6.07) is 11.6. The van der Waals surface area contributed by atoms with E-state index in [2.05, 4.69) is 37.2 Å². The van der Waals surface area contributed by atoms with Crippen molar-refractivity contribution in [3.05, 3.63) is 123 Å². The zero-order valence-electron chi connectivity index (χ0n) is 59.7. The number of amides is 9. The van der Waals surface area contributed by atoms with Crippen molar-refractivity contribution in [3.8, 4) is 17.2 Å². The van der Waals surface area contributed by atoms with E-state index in [1.807, 2.05) is 0 Å². The first kappa shape index (κ1) is 81.3. The van der Waals surface area contributed by atoms with Crippen molar-refractivity contribution in [1.82, 2.24) is 42.1 Å². The summed E-state index contributed by atoms with van der Waals surface area (Å²) in [6.07, 6.45) is -10.1. The Balaban J connectivity index is 0.982. The maximum atomic E-state index is 14.9. The number of likely N-dealkylation sites (tertiary alicyclic amines) is 1. The Labute approximate surface area is 610 Å². The lowest BCUT2D eigenvalue weighted by atomic mass is 9.72. The molecule has 0 aromatic heterocycles. The molecule has 15 N–H and O–H groups in total. The van der Waals surface area contributed by atoms with Gasteiger partial charge in [-0.15, -0.1) is 0 Å². The number of fused-ring (bicyclic) bond motifs is 3. The fourth-order valence-electron chi connectivity index (χ4n) is 13.6. The number of benzene rings is 4. The molecule has 2 saturated heterocycles. The number of nitrogens with one attached hydrogen (secondary N) is 7. The van der Waals surface area contributed by atoms with Crippen LogP contribution in [0.4, 0.5) is 4.79 Å². The maximum Gasteiger partial charge on any atom is 0.407 e. The Hall–Kier alpha value is -10.4. The SMILES string of the molecule is CC[C@H](C)[C@H](NC(=O)[C@@H]1CCCN1C(=O)CNC(=O)OCc1ccccc1)C(=O)N[C@@H](CCC(N)=O)C(=O)N[C@@H](CCC(=O)O)C(=O)NC(CCc1ccccc1)C(=O)N[C@@H](CC(C)C)C(=O)N[C@@H]1C[C@@H](O[C@@H]2C[C@@](O)(C(=O)CO)Cc3c(O)c4c(c(O)c32)C(=O)c2c(OC)cccc2C4=O)O[C@H](C)[C@H]1O. The average Bonchev–Trinajstić information content (AvgIpc) is 0.856. The number of phenolic OH excluding ortho intramolecular Hbond substituents is 2. The number of carboxylic acids is 1. The number of aliphatic hydroxyl groups excluding tert-OH is 2. The van der Waals surface area contributed by atoms with Gasteiger partial charge in [0.15, 0.2) is 17.9 Å². The minimum absolute atomic E-state index is 0.0218. The second-order valence-electron chi connectivity index (χ2n) is 27.5. The molecule has 0 bridgehead atoms. The van der Waals surface area contributed by atoms with Crippen LogP contribution in [0.1, 0.15) is 165 Å². The van der Waals surface area contributed by atoms with E-state index in [9.17, 15) is 93.0 Å². The van der Waals surface area contributed by atoms with Crippen molar-refractivity contribution < 1.29 is 112 Å². The number of carbonyl (C=O) groups is 13. The van der Waals surface area contributed by atoms with Gasteiger partial charge >= 0.3 is 12.1 Å². The highest BCUT2D eigenvalue weighted by atomic mass is 16.7. The molecule has 2 fully saturated rings. The number of Topliss-reactive ketones (excluding diaryl/α,β-unsaturated/α-hetero) is 1. The van der Waals surface area contributed by atoms with E-state index in [4.69, 9.17) is 24.7 Å². The number of hydrogen-bond donors (Lipinski definition) is 14. The normalized spacial score (nSPS) is 21.2. The number of aliphatic carboxylic acids is 1. The van der Waals surface area contributed by atoms with Gasteiger partial charge in [0, 0.05) is 55.3 Å². The monoisotopic (exact) mass is 1480 g/mol. The fourth-order valence-corrected chi connectivity index (χ4v) is 13.6. The molecule has 32 nitrogen and oxygen atoms in total. The van der Waals surface area contributed by atoms with E-state index >= 15 is 0 Å². The van der Waals surface area contributed by atoms with Crippen molar-refractivity contribution in [3.63, 3.8) is 0 Å². The molecule has 0 radical (unpaired) electrons. The molecule has 9 amide bonds. The number of primary amides is 1. The first-order valence-corrected chi connectivity index (χ1v) is 35.2. The molecule has 106 heavy (non-hydrogen) atoms. The molecule has 2 aliphatic carbocycles. The number of ether oxygens (including phenoxy) is 4. The van der Waals surface area contributed by atoms with E-state index < -0.39 is 236 Å². The first-order valence-electron chi connectivity index (χ1n) is 35.2. The summed E-state index contributed by atoms with van der Waals surface area (Å²) in [4.78, 5) is 181. The first-order chi connectivity index (χ1) is 50.4. The molecule has 32 heteroatoms. The van der Waals surface area contributed by atoms with Crippen molar-refractivity contribution in [2.45, 2.75) is 197 Å². The summed E-state index contributed by atoms with van der Waals surface area (Å²) in [7, 11) is 1.26. The van der Waals surface area contributed by atoms with Gasteiger partial charge in [-0.25, -0.2) is 4.79 Å². The van der Waals surface area contributed by atoms with Gasteiger partial charge in [0.05, 0.1) is 42.0 Å². The van der Waals surface area contributed by atoms with E-state index in [0.717, 1.165) is 0 Å². The van der Waals surface area contributed by atoms with Crippen molar-refractivity contribution in [2.24, 2.45) is 17.6 Å². The van der Waals surface area contributed by atoms with E-state index in [0.29, 0.717) is 24.0 Å². The number of carboxylic acid groups (broad SMARTS) is 1. The summed E-state index contributed by atoms with van der Waals surface area (Å²) in [5.41, 5.74) is 2.08. The molecular weight excluding hydrogens is 1380 g/mol. The Morgan fingerprint density at radius 2 is 1.34 bits per heavy atom. The van der Waals surface area contributed by atoms with Gasteiger partial charge in [-0.3, -0.25) is 57.5 Å². The van der Waals surface area contributed by atoms with Gasteiger partial charge in [0.2, 0.25) is 53.0 Å². The van der Waals surface area contributed by atoms with Crippen LogP contribution in [0.5, 0.6) is 17.2 Å². The second kappa shape index (κ2) is 36.5. The summed E-state index contributed by atoms with van der Waals surface area (Å²) >= 11 is 0. The molecular formula is C74H93N9O23. The van der Waals surface area contributed by atoms with E-state index in [-0.39, 0.29) is 72.8 Å². The Morgan fingerprint density at radius 3 is 1.94 bits per heavy atom. The van der Waals surface area contributed by atoms with Crippen LogP contribution in [0.15, 0.2) is 78.9 Å². The lowest BCUT2D eigenvalue weighted by Crippen LogP contribution is -2.61. The third-order valence-corrected chi connectivity index (χ3v) is 19.5. The number of aryl methyl sites for hydroxylation is 1. The standard InChI is InChI=1S/C74H93N9O23/c1-7-38(4)61(82-71(99)49-21-15-29-83(49)54(87)34-76-73(101)104-36-41-18-12-9-13-19-41)72(100)79-45(25-27-53(75)86)67(95)78-46(26-28-55(88)89)68(96)77-44(24-23-40-16-10-8-11-17-40)69(97)81-48(30-37(2)3)70(98)80-47-31-56(105-39(5)62(47)90)106-51-33-74(102,52(85)35-84)32-43-58(51)66(94)60-59(64(43)92)63(91)42-20-14-22-50(103-6)57(42)65(60)93/h8-14,16-20,22,37-39,44-49,51,56,61-62,84,90,92,94,102H,7,15,21,23-36H2,1-6H3,(H2,75,86)(H,76,101)(H,77,96)(H,78,95)(H,79,100)(H,80,98)(H,81,97)(H,82,99)(H,88,89)/t38-,39+,44?,45-,46-,47+,48-,49-,51+,56+,61-,62+,74+/m0/s1. The molecule has 13 atom stereocenters. The predicted octanol–water partition coefficient (Wildman–Crippen LogP) is 1.36. The lowest BCUT2D eigenvalue weighted by molar-refractivity contribution is -0.249. The number of ketones is 3. The third kappa shape index (κ3) is 19.9. The zero-order chi connectivity index (χ0) is 77.4. The zero-order valence-corrected chi connectivity index (χ0v) is 59.7. The summed E-state index contributed by atoms with van der Waals surface area (Å²) in [5, 5.41) is 85.7. The number of aromatic hydroxyl groups is 2. The number of carbonyl (C=O) groups excluding carboxylic acids is 12. The molecule has 8 rings (SSSR count). The summed E-state index contributed by atoms with van der Waals surface area (Å²) < 4.78 is 23.0. The minimum atomic E-state index is -2.51. The van der Waals surface area contributed by atoms with Crippen LogP contribution in [0.25, 0.3) is 0 Å². The molecule has 0 spiro atoms. The van der Waals surface area contributed by atoms with Gasteiger partial charge in [-0.1, -0.05) is 107 Å². The molecule has 1 unspecified atom stereocenters. The summed E-state index contributed by atoms with van der Waals surface area (Å²) in [6.45, 7) is 6.66. The lowest BCUT2D eigenvalue weighted by Gasteiger charge is -2.43. The highest BCUT2D eigenvalue weighted by Gasteiger charge is 2.51. The number of nitrogens with two attached hydrogens (primary N) is 1. The molecule has 2 aliphatic heterocycles. The topological polar surface area (TPSA) is 494 Å². The highest BCUT2D eigenvalue weighted by molar-refractivity contribution is 6.31. The molecule has 4 aromatic rings. The van der Waals surface area contributed by atoms with Crippen LogP contribution < -0.4 is 47.7 Å². The van der Waals surface area contributed by atoms with E-state index in [1.54, 1.807) is 88.4 Å². The maximum absolute atomic E-state index is 14.9. The number of methoxy groups -OCH3 is 1. The van der Waals surface area contributed by atoms with Crippen LogP contribution in [-0.2, 0) is 81.6 Å². The molecule has 0 saturated carbocycles.